The van der Waals surface area contributed by atoms with Gasteiger partial charge in [0.25, 0.3) is 0 Å². The van der Waals surface area contributed by atoms with Crippen molar-refractivity contribution in [1.82, 2.24) is 10.2 Å². The first-order chi connectivity index (χ1) is 10.3. The molecule has 2 aliphatic rings. The van der Waals surface area contributed by atoms with Crippen molar-refractivity contribution in [1.29, 1.82) is 0 Å². The van der Waals surface area contributed by atoms with Crippen LogP contribution >= 0.6 is 0 Å². The van der Waals surface area contributed by atoms with Crippen LogP contribution in [0.2, 0.25) is 0 Å². The lowest BCUT2D eigenvalue weighted by atomic mass is 9.85. The van der Waals surface area contributed by atoms with Crippen molar-refractivity contribution in [3.8, 4) is 5.75 Å². The van der Waals surface area contributed by atoms with Gasteiger partial charge in [-0.25, -0.2) is 0 Å². The number of nitrogens with one attached hydrogen (secondary N) is 1. The molecule has 114 valence electrons. The van der Waals surface area contributed by atoms with Gasteiger partial charge in [0.05, 0.1) is 13.5 Å². The van der Waals surface area contributed by atoms with Crippen molar-refractivity contribution in [3.63, 3.8) is 0 Å². The van der Waals surface area contributed by atoms with Gasteiger partial charge in [0, 0.05) is 24.7 Å². The number of rotatable bonds is 3. The summed E-state index contributed by atoms with van der Waals surface area (Å²) in [6, 6.07) is 8.41. The molecule has 0 saturated carbocycles. The standard InChI is InChI=1S/C17H24N2O2/c1-21-16-7-3-2-5-13(16)11-17(20)19-10-8-15-14(12-19)6-4-9-18-15/h2-3,5,7,14-15,18H,4,6,8-12H2,1H3/t14-,15-/m1/s1. The zero-order valence-corrected chi connectivity index (χ0v) is 12.7. The van der Waals surface area contributed by atoms with Crippen molar-refractivity contribution in [2.75, 3.05) is 26.7 Å². The predicted molar refractivity (Wildman–Crippen MR) is 82.4 cm³/mol. The third-order valence-corrected chi connectivity index (χ3v) is 4.78. The Labute approximate surface area is 126 Å². The Morgan fingerprint density at radius 3 is 3.10 bits per heavy atom. The van der Waals surface area contributed by atoms with Crippen molar-refractivity contribution in [3.05, 3.63) is 29.8 Å². The first-order valence-electron chi connectivity index (χ1n) is 7.91. The maximum atomic E-state index is 12.6. The Bertz CT molecular complexity index is 503. The summed E-state index contributed by atoms with van der Waals surface area (Å²) >= 11 is 0. The Kier molecular flexibility index (Phi) is 4.44. The molecule has 0 aromatic heterocycles. The van der Waals surface area contributed by atoms with Gasteiger partial charge in [-0.1, -0.05) is 18.2 Å². The van der Waals surface area contributed by atoms with Crippen molar-refractivity contribution in [2.24, 2.45) is 5.92 Å². The molecule has 0 unspecified atom stereocenters. The van der Waals surface area contributed by atoms with Crippen molar-refractivity contribution in [2.45, 2.75) is 31.7 Å². The molecular formula is C17H24N2O2. The minimum absolute atomic E-state index is 0.225. The van der Waals surface area contributed by atoms with Gasteiger partial charge < -0.3 is 15.0 Å². The van der Waals surface area contributed by atoms with E-state index in [0.717, 1.165) is 37.4 Å². The van der Waals surface area contributed by atoms with Crippen LogP contribution in [-0.4, -0.2) is 43.6 Å². The second-order valence-corrected chi connectivity index (χ2v) is 6.08. The minimum Gasteiger partial charge on any atom is -0.496 e. The molecule has 0 spiro atoms. The number of piperidine rings is 2. The van der Waals surface area contributed by atoms with Crippen molar-refractivity contribution >= 4 is 5.91 Å². The predicted octanol–water partition coefficient (Wildman–Crippen LogP) is 1.84. The van der Waals surface area contributed by atoms with Crippen LogP contribution in [-0.2, 0) is 11.2 Å². The summed E-state index contributed by atoms with van der Waals surface area (Å²) in [6.07, 6.45) is 4.00. The van der Waals surface area contributed by atoms with E-state index < -0.39 is 0 Å². The van der Waals surface area contributed by atoms with Gasteiger partial charge in [0.2, 0.25) is 5.91 Å². The van der Waals surface area contributed by atoms with E-state index in [1.807, 2.05) is 29.2 Å². The first-order valence-corrected chi connectivity index (χ1v) is 7.91. The molecule has 0 bridgehead atoms. The maximum Gasteiger partial charge on any atom is 0.227 e. The second kappa shape index (κ2) is 6.48. The molecule has 0 radical (unpaired) electrons. The van der Waals surface area contributed by atoms with E-state index in [-0.39, 0.29) is 5.91 Å². The number of methoxy groups -OCH3 is 1. The van der Waals surface area contributed by atoms with Gasteiger partial charge >= 0.3 is 0 Å². The number of ether oxygens (including phenoxy) is 1. The van der Waals surface area contributed by atoms with Gasteiger partial charge in [-0.05, 0) is 37.8 Å². The van der Waals surface area contributed by atoms with Crippen LogP contribution in [0.5, 0.6) is 5.75 Å². The van der Waals surface area contributed by atoms with Gasteiger partial charge in [-0.15, -0.1) is 0 Å². The fraction of sp³-hybridized carbons (Fsp3) is 0.588. The molecule has 2 aliphatic heterocycles. The van der Waals surface area contributed by atoms with Gasteiger partial charge in [-0.3, -0.25) is 4.79 Å². The lowest BCUT2D eigenvalue weighted by molar-refractivity contribution is -0.133. The van der Waals surface area contributed by atoms with Crippen LogP contribution in [0.4, 0.5) is 0 Å². The normalized spacial score (nSPS) is 25.3. The molecule has 21 heavy (non-hydrogen) atoms. The highest BCUT2D eigenvalue weighted by Gasteiger charge is 2.32. The van der Waals surface area contributed by atoms with Gasteiger partial charge in [0.1, 0.15) is 5.75 Å². The zero-order chi connectivity index (χ0) is 14.7. The molecule has 1 amide bonds. The van der Waals surface area contributed by atoms with E-state index in [0.29, 0.717) is 18.4 Å². The summed E-state index contributed by atoms with van der Waals surface area (Å²) in [5.41, 5.74) is 0.980. The molecule has 1 N–H and O–H groups in total. The molecule has 2 atom stereocenters. The Morgan fingerprint density at radius 1 is 1.38 bits per heavy atom. The quantitative estimate of drug-likeness (QED) is 0.923. The lowest BCUT2D eigenvalue weighted by Gasteiger charge is -2.41. The highest BCUT2D eigenvalue weighted by molar-refractivity contribution is 5.79. The monoisotopic (exact) mass is 288 g/mol. The summed E-state index contributed by atoms with van der Waals surface area (Å²) in [4.78, 5) is 14.6. The number of fused-ring (bicyclic) bond motifs is 1. The maximum absolute atomic E-state index is 12.6. The summed E-state index contributed by atoms with van der Waals surface area (Å²) in [5, 5.41) is 3.59. The molecule has 1 aromatic carbocycles. The van der Waals surface area contributed by atoms with Crippen LogP contribution in [0.15, 0.2) is 24.3 Å². The number of carbonyl (C=O) groups is 1. The van der Waals surface area contributed by atoms with E-state index in [1.54, 1.807) is 7.11 Å². The molecule has 2 heterocycles. The number of benzene rings is 1. The number of carbonyl (C=O) groups excluding carboxylic acids is 1. The van der Waals surface area contributed by atoms with E-state index >= 15 is 0 Å². The SMILES string of the molecule is COc1ccccc1CC(=O)N1CC[C@H]2NCCC[C@@H]2C1. The van der Waals surface area contributed by atoms with Crippen molar-refractivity contribution < 1.29 is 9.53 Å². The van der Waals surface area contributed by atoms with E-state index in [1.165, 1.54) is 12.8 Å². The zero-order valence-electron chi connectivity index (χ0n) is 12.7. The Morgan fingerprint density at radius 2 is 2.24 bits per heavy atom. The fourth-order valence-corrected chi connectivity index (χ4v) is 3.60. The third kappa shape index (κ3) is 3.21. The third-order valence-electron chi connectivity index (χ3n) is 4.78. The van der Waals surface area contributed by atoms with Crippen LogP contribution in [0.1, 0.15) is 24.8 Å². The van der Waals surface area contributed by atoms with Gasteiger partial charge in [0.15, 0.2) is 0 Å². The van der Waals surface area contributed by atoms with Crippen LogP contribution in [0.25, 0.3) is 0 Å². The lowest BCUT2D eigenvalue weighted by Crippen LogP contribution is -2.53. The molecule has 1 aromatic rings. The number of hydrogen-bond donors (Lipinski definition) is 1. The molecule has 3 rings (SSSR count). The summed E-state index contributed by atoms with van der Waals surface area (Å²) in [7, 11) is 1.66. The molecule has 4 heteroatoms. The second-order valence-electron chi connectivity index (χ2n) is 6.08. The summed E-state index contributed by atoms with van der Waals surface area (Å²) in [6.45, 7) is 2.92. The molecule has 0 aliphatic carbocycles. The highest BCUT2D eigenvalue weighted by atomic mass is 16.5. The molecule has 2 fully saturated rings. The largest absolute Gasteiger partial charge is 0.496 e. The number of amides is 1. The average Bonchev–Trinajstić information content (AvgIpc) is 2.55. The number of para-hydroxylation sites is 1. The Hall–Kier alpha value is -1.55. The average molecular weight is 288 g/mol. The summed E-state index contributed by atoms with van der Waals surface area (Å²) in [5.74, 6) is 1.66. The minimum atomic E-state index is 0.225. The molecule has 2 saturated heterocycles. The van der Waals surface area contributed by atoms with E-state index in [2.05, 4.69) is 5.32 Å². The summed E-state index contributed by atoms with van der Waals surface area (Å²) < 4.78 is 5.34. The molecular weight excluding hydrogens is 264 g/mol. The number of nitrogens with zero attached hydrogens (tertiary/aromatic N) is 1. The van der Waals surface area contributed by atoms with Gasteiger partial charge in [-0.2, -0.15) is 0 Å². The van der Waals surface area contributed by atoms with Crippen LogP contribution in [0.3, 0.4) is 0 Å². The van der Waals surface area contributed by atoms with Crippen LogP contribution < -0.4 is 10.1 Å². The topological polar surface area (TPSA) is 41.6 Å². The number of likely N-dealkylation sites (tertiary alicyclic amines) is 1. The van der Waals surface area contributed by atoms with Crippen LogP contribution in [0, 0.1) is 5.92 Å². The Balaban J connectivity index is 1.63. The number of hydrogen-bond acceptors (Lipinski definition) is 3. The van der Waals surface area contributed by atoms with E-state index in [9.17, 15) is 4.79 Å². The smallest absolute Gasteiger partial charge is 0.227 e. The molecule has 4 nitrogen and oxygen atoms in total. The highest BCUT2D eigenvalue weighted by Crippen LogP contribution is 2.26. The van der Waals surface area contributed by atoms with E-state index in [4.69, 9.17) is 4.74 Å². The fourth-order valence-electron chi connectivity index (χ4n) is 3.60. The first kappa shape index (κ1) is 14.4.